The highest BCUT2D eigenvalue weighted by Gasteiger charge is 2.15. The first-order valence-corrected chi connectivity index (χ1v) is 7.76. The molecule has 116 valence electrons. The molecule has 0 aliphatic carbocycles. The van der Waals surface area contributed by atoms with Gasteiger partial charge in [0.25, 0.3) is 0 Å². The molecule has 0 saturated carbocycles. The molecule has 0 amide bonds. The van der Waals surface area contributed by atoms with Crippen LogP contribution in [-0.2, 0) is 6.54 Å². The molecule has 3 heterocycles. The van der Waals surface area contributed by atoms with Crippen LogP contribution >= 0.6 is 11.6 Å². The maximum atomic E-state index is 10.0. The summed E-state index contributed by atoms with van der Waals surface area (Å²) in [6, 6.07) is 11.6. The van der Waals surface area contributed by atoms with Gasteiger partial charge in [0, 0.05) is 12.4 Å². The van der Waals surface area contributed by atoms with Crippen molar-refractivity contribution >= 4 is 28.3 Å². The largest absolute Gasteiger partial charge is 0.385 e. The van der Waals surface area contributed by atoms with E-state index in [1.54, 1.807) is 6.92 Å². The van der Waals surface area contributed by atoms with Crippen molar-refractivity contribution in [3.63, 3.8) is 0 Å². The number of halogens is 1. The second-order valence-corrected chi connectivity index (χ2v) is 6.00. The summed E-state index contributed by atoms with van der Waals surface area (Å²) in [7, 11) is 0. The average molecular weight is 327 g/mol. The van der Waals surface area contributed by atoms with E-state index in [1.807, 2.05) is 57.8 Å². The van der Waals surface area contributed by atoms with Crippen molar-refractivity contribution in [3.05, 3.63) is 65.3 Å². The average Bonchev–Trinajstić information content (AvgIpc) is 3.08. The number of imidazole rings is 2. The van der Waals surface area contributed by atoms with Crippen LogP contribution in [0.3, 0.4) is 0 Å². The summed E-state index contributed by atoms with van der Waals surface area (Å²) in [5.74, 6) is 0.640. The van der Waals surface area contributed by atoms with Crippen molar-refractivity contribution < 1.29 is 5.11 Å². The van der Waals surface area contributed by atoms with Gasteiger partial charge in [0.15, 0.2) is 0 Å². The molecule has 1 unspecified atom stereocenters. The maximum Gasteiger partial charge on any atom is 0.138 e. The highest BCUT2D eigenvalue weighted by atomic mass is 35.5. The minimum absolute atomic E-state index is 0.542. The Hall–Kier alpha value is -2.37. The molecule has 0 fully saturated rings. The zero-order valence-corrected chi connectivity index (χ0v) is 13.3. The number of hydrogen-bond donors (Lipinski definition) is 1. The Morgan fingerprint density at radius 2 is 1.96 bits per heavy atom. The van der Waals surface area contributed by atoms with Crippen LogP contribution in [0.2, 0.25) is 5.02 Å². The molecule has 1 atom stereocenters. The Morgan fingerprint density at radius 1 is 1.13 bits per heavy atom. The number of aliphatic hydroxyl groups is 1. The van der Waals surface area contributed by atoms with Crippen molar-refractivity contribution in [2.45, 2.75) is 19.6 Å². The second kappa shape index (κ2) is 5.37. The van der Waals surface area contributed by atoms with E-state index in [0.717, 1.165) is 22.4 Å². The van der Waals surface area contributed by atoms with Crippen molar-refractivity contribution in [2.24, 2.45) is 0 Å². The summed E-state index contributed by atoms with van der Waals surface area (Å²) in [5.41, 5.74) is 3.58. The minimum atomic E-state index is -0.645. The molecule has 0 spiro atoms. The standard InChI is InChI=1S/C17H15ClN4O/c1-11(23)17-20-14-4-2-3-5-15(14)22(17)10-13-9-21-8-12(18)6-7-16(21)19-13/h2-9,11,23H,10H2,1H3. The smallest absolute Gasteiger partial charge is 0.138 e. The lowest BCUT2D eigenvalue weighted by Crippen LogP contribution is -2.08. The summed E-state index contributed by atoms with van der Waals surface area (Å²) in [5, 5.41) is 10.7. The van der Waals surface area contributed by atoms with Crippen LogP contribution in [-0.4, -0.2) is 24.0 Å². The maximum absolute atomic E-state index is 10.0. The number of nitrogens with zero attached hydrogens (tertiary/aromatic N) is 4. The lowest BCUT2D eigenvalue weighted by molar-refractivity contribution is 0.185. The number of para-hydroxylation sites is 2. The Balaban J connectivity index is 1.83. The number of benzene rings is 1. The fourth-order valence-corrected chi connectivity index (χ4v) is 3.00. The van der Waals surface area contributed by atoms with E-state index in [1.165, 1.54) is 0 Å². The molecule has 0 saturated heterocycles. The van der Waals surface area contributed by atoms with E-state index in [0.29, 0.717) is 17.4 Å². The molecular formula is C17H15ClN4O. The summed E-state index contributed by atoms with van der Waals surface area (Å²) in [6.07, 6.45) is 3.13. The van der Waals surface area contributed by atoms with Gasteiger partial charge >= 0.3 is 0 Å². The molecule has 5 nitrogen and oxygen atoms in total. The predicted octanol–water partition coefficient (Wildman–Crippen LogP) is 3.44. The van der Waals surface area contributed by atoms with Crippen LogP contribution in [0.4, 0.5) is 0 Å². The van der Waals surface area contributed by atoms with Crippen molar-refractivity contribution in [3.8, 4) is 0 Å². The molecule has 0 aliphatic rings. The van der Waals surface area contributed by atoms with Gasteiger partial charge in [-0.2, -0.15) is 0 Å². The zero-order chi connectivity index (χ0) is 16.0. The number of rotatable bonds is 3. The third-order valence-electron chi connectivity index (χ3n) is 3.84. The monoisotopic (exact) mass is 326 g/mol. The van der Waals surface area contributed by atoms with Crippen molar-refractivity contribution in [2.75, 3.05) is 0 Å². The Kier molecular flexibility index (Phi) is 3.32. The Bertz CT molecular complexity index is 1000. The van der Waals surface area contributed by atoms with Gasteiger partial charge in [-0.25, -0.2) is 9.97 Å². The van der Waals surface area contributed by atoms with Gasteiger partial charge in [-0.1, -0.05) is 23.7 Å². The van der Waals surface area contributed by atoms with E-state index >= 15 is 0 Å². The first-order chi connectivity index (χ1) is 11.1. The van der Waals surface area contributed by atoms with Gasteiger partial charge in [-0.15, -0.1) is 0 Å². The lowest BCUT2D eigenvalue weighted by Gasteiger charge is -2.09. The molecular weight excluding hydrogens is 312 g/mol. The van der Waals surface area contributed by atoms with E-state index < -0.39 is 6.10 Å². The summed E-state index contributed by atoms with van der Waals surface area (Å²) < 4.78 is 3.90. The molecule has 4 rings (SSSR count). The molecule has 1 N–H and O–H groups in total. The van der Waals surface area contributed by atoms with Crippen LogP contribution < -0.4 is 0 Å². The highest BCUT2D eigenvalue weighted by Crippen LogP contribution is 2.22. The Morgan fingerprint density at radius 3 is 2.78 bits per heavy atom. The van der Waals surface area contributed by atoms with Gasteiger partial charge in [0.2, 0.25) is 0 Å². The fraction of sp³-hybridized carbons (Fsp3) is 0.176. The van der Waals surface area contributed by atoms with Gasteiger partial charge in [0.05, 0.1) is 28.3 Å². The van der Waals surface area contributed by atoms with Crippen molar-refractivity contribution in [1.82, 2.24) is 18.9 Å². The van der Waals surface area contributed by atoms with E-state index in [4.69, 9.17) is 11.6 Å². The third kappa shape index (κ3) is 2.48. The number of hydrogen-bond acceptors (Lipinski definition) is 3. The summed E-state index contributed by atoms with van der Waals surface area (Å²) >= 11 is 6.02. The van der Waals surface area contributed by atoms with Gasteiger partial charge < -0.3 is 14.1 Å². The second-order valence-electron chi connectivity index (χ2n) is 5.57. The SMILES string of the molecule is CC(O)c1nc2ccccc2n1Cc1cn2cc(Cl)ccc2n1. The molecule has 6 heteroatoms. The van der Waals surface area contributed by atoms with E-state index in [2.05, 4.69) is 9.97 Å². The van der Waals surface area contributed by atoms with Gasteiger partial charge in [-0.05, 0) is 31.2 Å². The highest BCUT2D eigenvalue weighted by molar-refractivity contribution is 6.30. The lowest BCUT2D eigenvalue weighted by atomic mass is 10.3. The number of aromatic nitrogens is 4. The van der Waals surface area contributed by atoms with Crippen LogP contribution in [0, 0.1) is 0 Å². The van der Waals surface area contributed by atoms with Crippen molar-refractivity contribution in [1.29, 1.82) is 0 Å². The fourth-order valence-electron chi connectivity index (χ4n) is 2.83. The first-order valence-electron chi connectivity index (χ1n) is 7.38. The zero-order valence-electron chi connectivity index (χ0n) is 12.5. The predicted molar refractivity (Wildman–Crippen MR) is 89.7 cm³/mol. The molecule has 0 bridgehead atoms. The number of aliphatic hydroxyl groups excluding tert-OH is 1. The van der Waals surface area contributed by atoms with E-state index in [9.17, 15) is 5.11 Å². The van der Waals surface area contributed by atoms with Crippen LogP contribution in [0.1, 0.15) is 24.5 Å². The van der Waals surface area contributed by atoms with E-state index in [-0.39, 0.29) is 0 Å². The number of fused-ring (bicyclic) bond motifs is 2. The Labute approximate surface area is 137 Å². The normalized spacial score (nSPS) is 13.0. The van der Waals surface area contributed by atoms with Gasteiger partial charge in [0.1, 0.15) is 17.6 Å². The summed E-state index contributed by atoms with van der Waals surface area (Å²) in [6.45, 7) is 2.27. The molecule has 3 aromatic heterocycles. The van der Waals surface area contributed by atoms with Crippen LogP contribution in [0.15, 0.2) is 48.8 Å². The topological polar surface area (TPSA) is 55.4 Å². The number of pyridine rings is 1. The first kappa shape index (κ1) is 14.2. The van der Waals surface area contributed by atoms with Gasteiger partial charge in [-0.3, -0.25) is 0 Å². The minimum Gasteiger partial charge on any atom is -0.385 e. The molecule has 1 aromatic carbocycles. The molecule has 23 heavy (non-hydrogen) atoms. The molecule has 0 radical (unpaired) electrons. The summed E-state index contributed by atoms with van der Waals surface area (Å²) in [4.78, 5) is 9.14. The van der Waals surface area contributed by atoms with Crippen LogP contribution in [0.5, 0.6) is 0 Å². The third-order valence-corrected chi connectivity index (χ3v) is 4.07. The molecule has 4 aromatic rings. The quantitative estimate of drug-likeness (QED) is 0.627. The van der Waals surface area contributed by atoms with Crippen LogP contribution in [0.25, 0.3) is 16.7 Å². The molecule has 0 aliphatic heterocycles.